The lowest BCUT2D eigenvalue weighted by molar-refractivity contribution is -0.149. The Kier molecular flexibility index (Phi) is 5.81. The first kappa shape index (κ1) is 18.7. The molecule has 0 saturated carbocycles. The van der Waals surface area contributed by atoms with Crippen molar-refractivity contribution in [2.24, 2.45) is 5.92 Å². The van der Waals surface area contributed by atoms with Gasteiger partial charge in [-0.15, -0.1) is 0 Å². The molecule has 3 rings (SSSR count). The van der Waals surface area contributed by atoms with Gasteiger partial charge in [-0.25, -0.2) is 0 Å². The van der Waals surface area contributed by atoms with Crippen LogP contribution in [0.5, 0.6) is 0 Å². The number of nitrogens with zero attached hydrogens (tertiary/aromatic N) is 2. The second-order valence-corrected chi connectivity index (χ2v) is 7.09. The molecule has 140 valence electrons. The summed E-state index contributed by atoms with van der Waals surface area (Å²) in [5, 5.41) is 0.485. The Morgan fingerprint density at radius 2 is 2.08 bits per heavy atom. The Morgan fingerprint density at radius 3 is 2.77 bits per heavy atom. The quantitative estimate of drug-likeness (QED) is 0.755. The summed E-state index contributed by atoms with van der Waals surface area (Å²) in [6.45, 7) is 3.63. The Hall–Kier alpha value is -2.08. The number of halogens is 1. The molecule has 0 bridgehead atoms. The summed E-state index contributed by atoms with van der Waals surface area (Å²) in [7, 11) is 0. The average Bonchev–Trinajstić information content (AvgIpc) is 3.07. The number of likely N-dealkylation sites (tertiary alicyclic amines) is 1. The molecule has 1 atom stereocenters. The minimum absolute atomic E-state index is 0.00404. The highest BCUT2D eigenvalue weighted by Crippen LogP contribution is 2.30. The Labute approximate surface area is 158 Å². The number of carbonyl (C=O) groups excluding carboxylic acids is 3. The second-order valence-electron chi connectivity index (χ2n) is 6.65. The molecule has 1 aromatic rings. The molecule has 0 unspecified atom stereocenters. The first-order valence-corrected chi connectivity index (χ1v) is 9.45. The Bertz CT molecular complexity index is 721. The van der Waals surface area contributed by atoms with Crippen molar-refractivity contribution < 1.29 is 19.1 Å². The van der Waals surface area contributed by atoms with Gasteiger partial charge in [0.05, 0.1) is 23.8 Å². The average molecular weight is 379 g/mol. The molecule has 7 heteroatoms. The first-order valence-electron chi connectivity index (χ1n) is 9.07. The molecule has 2 fully saturated rings. The maximum atomic E-state index is 13.1. The zero-order valence-electron chi connectivity index (χ0n) is 14.9. The molecule has 0 aromatic heterocycles. The number of carbonyl (C=O) groups is 3. The van der Waals surface area contributed by atoms with Crippen molar-refractivity contribution in [3.63, 3.8) is 0 Å². The molecular formula is C19H23ClN2O4. The van der Waals surface area contributed by atoms with Crippen LogP contribution in [0.4, 0.5) is 5.69 Å². The van der Waals surface area contributed by atoms with Gasteiger partial charge in [0.1, 0.15) is 0 Å². The molecule has 2 heterocycles. The predicted molar refractivity (Wildman–Crippen MR) is 98.3 cm³/mol. The van der Waals surface area contributed by atoms with Crippen LogP contribution < -0.4 is 4.90 Å². The van der Waals surface area contributed by atoms with Crippen molar-refractivity contribution in [2.45, 2.75) is 32.6 Å². The third-order valence-electron chi connectivity index (χ3n) is 4.88. The van der Waals surface area contributed by atoms with Gasteiger partial charge in [0, 0.05) is 31.1 Å². The van der Waals surface area contributed by atoms with Gasteiger partial charge in [-0.05, 0) is 44.4 Å². The minimum Gasteiger partial charge on any atom is -0.466 e. The lowest BCUT2D eigenvalue weighted by Gasteiger charge is -2.32. The number of piperidine rings is 1. The van der Waals surface area contributed by atoms with Crippen LogP contribution in [-0.2, 0) is 14.3 Å². The monoisotopic (exact) mass is 378 g/mol. The number of ether oxygens (including phenoxy) is 1. The topological polar surface area (TPSA) is 66.9 Å². The number of rotatable bonds is 4. The van der Waals surface area contributed by atoms with Crippen LogP contribution in [0.2, 0.25) is 5.02 Å². The summed E-state index contributed by atoms with van der Waals surface area (Å²) in [6, 6.07) is 5.00. The molecule has 2 saturated heterocycles. The van der Waals surface area contributed by atoms with E-state index in [-0.39, 0.29) is 23.7 Å². The zero-order chi connectivity index (χ0) is 18.7. The van der Waals surface area contributed by atoms with Crippen LogP contribution in [0.15, 0.2) is 18.2 Å². The summed E-state index contributed by atoms with van der Waals surface area (Å²) < 4.78 is 5.10. The number of anilines is 1. The molecule has 0 radical (unpaired) electrons. The highest BCUT2D eigenvalue weighted by Gasteiger charge is 2.32. The molecule has 0 N–H and O–H groups in total. The van der Waals surface area contributed by atoms with E-state index in [1.54, 1.807) is 34.9 Å². The van der Waals surface area contributed by atoms with Crippen LogP contribution in [0, 0.1) is 5.92 Å². The molecule has 2 amide bonds. The zero-order valence-corrected chi connectivity index (χ0v) is 15.6. The van der Waals surface area contributed by atoms with Crippen molar-refractivity contribution in [1.82, 2.24) is 4.90 Å². The van der Waals surface area contributed by atoms with Crippen molar-refractivity contribution >= 4 is 35.1 Å². The lowest BCUT2D eigenvalue weighted by atomic mass is 9.97. The summed E-state index contributed by atoms with van der Waals surface area (Å²) >= 11 is 6.11. The van der Waals surface area contributed by atoms with Crippen molar-refractivity contribution in [1.29, 1.82) is 0 Å². The number of hydrogen-bond donors (Lipinski definition) is 0. The van der Waals surface area contributed by atoms with E-state index in [1.165, 1.54) is 0 Å². The van der Waals surface area contributed by atoms with Crippen LogP contribution in [-0.4, -0.2) is 48.9 Å². The largest absolute Gasteiger partial charge is 0.466 e. The fraction of sp³-hybridized carbons (Fsp3) is 0.526. The maximum absolute atomic E-state index is 13.1. The molecule has 0 aliphatic carbocycles. The number of esters is 1. The molecule has 1 aromatic carbocycles. The normalized spacial score (nSPS) is 20.4. The van der Waals surface area contributed by atoms with Crippen LogP contribution in [0.1, 0.15) is 43.0 Å². The highest BCUT2D eigenvalue weighted by atomic mass is 35.5. The van der Waals surface area contributed by atoms with E-state index in [0.717, 1.165) is 19.3 Å². The van der Waals surface area contributed by atoms with Crippen molar-refractivity contribution in [2.75, 3.05) is 31.1 Å². The van der Waals surface area contributed by atoms with Gasteiger partial charge in [0.2, 0.25) is 5.91 Å². The molecular weight excluding hydrogens is 356 g/mol. The van der Waals surface area contributed by atoms with Crippen molar-refractivity contribution in [3.05, 3.63) is 28.8 Å². The van der Waals surface area contributed by atoms with Gasteiger partial charge >= 0.3 is 5.97 Å². The summed E-state index contributed by atoms with van der Waals surface area (Å²) in [5.41, 5.74) is 1.01. The standard InChI is InChI=1S/C19H23ClN2O4/c1-2-26-19(25)13-5-3-9-21(12-13)18(24)15-8-7-14(20)11-16(15)22-10-4-6-17(22)23/h7-8,11,13H,2-6,9-10,12H2,1H3/t13-/m1/s1. The van der Waals surface area contributed by atoms with Gasteiger partial charge < -0.3 is 14.5 Å². The number of amides is 2. The van der Waals surface area contributed by atoms with Gasteiger partial charge in [-0.1, -0.05) is 11.6 Å². The van der Waals surface area contributed by atoms with E-state index in [0.29, 0.717) is 48.9 Å². The minimum atomic E-state index is -0.295. The van der Waals surface area contributed by atoms with Crippen LogP contribution in [0.3, 0.4) is 0 Å². The van der Waals surface area contributed by atoms with E-state index in [2.05, 4.69) is 0 Å². The van der Waals surface area contributed by atoms with Gasteiger partial charge in [-0.2, -0.15) is 0 Å². The third kappa shape index (κ3) is 3.85. The lowest BCUT2D eigenvalue weighted by Crippen LogP contribution is -2.43. The predicted octanol–water partition coefficient (Wildman–Crippen LogP) is 2.88. The summed E-state index contributed by atoms with van der Waals surface area (Å²) in [5.74, 6) is -0.720. The van der Waals surface area contributed by atoms with E-state index in [9.17, 15) is 14.4 Å². The van der Waals surface area contributed by atoms with E-state index < -0.39 is 0 Å². The summed E-state index contributed by atoms with van der Waals surface area (Å²) in [6.07, 6.45) is 2.73. The fourth-order valence-corrected chi connectivity index (χ4v) is 3.76. The van der Waals surface area contributed by atoms with E-state index in [1.807, 2.05) is 0 Å². The maximum Gasteiger partial charge on any atom is 0.310 e. The van der Waals surface area contributed by atoms with Gasteiger partial charge in [0.15, 0.2) is 0 Å². The highest BCUT2D eigenvalue weighted by molar-refractivity contribution is 6.31. The molecule has 2 aliphatic heterocycles. The van der Waals surface area contributed by atoms with Crippen LogP contribution >= 0.6 is 11.6 Å². The molecule has 26 heavy (non-hydrogen) atoms. The first-order chi connectivity index (χ1) is 12.5. The Balaban J connectivity index is 1.83. The number of hydrogen-bond acceptors (Lipinski definition) is 4. The van der Waals surface area contributed by atoms with E-state index in [4.69, 9.17) is 16.3 Å². The van der Waals surface area contributed by atoms with Crippen LogP contribution in [0.25, 0.3) is 0 Å². The molecule has 2 aliphatic rings. The second kappa shape index (κ2) is 8.08. The molecule has 6 nitrogen and oxygen atoms in total. The third-order valence-corrected chi connectivity index (χ3v) is 5.12. The SMILES string of the molecule is CCOC(=O)[C@@H]1CCCN(C(=O)c2ccc(Cl)cc2N2CCCC2=O)C1. The van der Waals surface area contributed by atoms with Gasteiger partial charge in [0.25, 0.3) is 5.91 Å². The van der Waals surface area contributed by atoms with Gasteiger partial charge in [-0.3, -0.25) is 14.4 Å². The van der Waals surface area contributed by atoms with E-state index >= 15 is 0 Å². The fourth-order valence-electron chi connectivity index (χ4n) is 3.60. The molecule has 0 spiro atoms. The number of benzene rings is 1. The summed E-state index contributed by atoms with van der Waals surface area (Å²) in [4.78, 5) is 40.6. The Morgan fingerprint density at radius 1 is 1.27 bits per heavy atom. The smallest absolute Gasteiger partial charge is 0.310 e. The van der Waals surface area contributed by atoms with Crippen molar-refractivity contribution in [3.8, 4) is 0 Å².